The van der Waals surface area contributed by atoms with Gasteiger partial charge < -0.3 is 15.5 Å². The quantitative estimate of drug-likeness (QED) is 0.553. The summed E-state index contributed by atoms with van der Waals surface area (Å²) in [5.74, 6) is -0.526. The topological polar surface area (TPSA) is 83.6 Å². The van der Waals surface area contributed by atoms with Gasteiger partial charge in [0, 0.05) is 10.9 Å². The maximum atomic E-state index is 10.6. The lowest BCUT2D eigenvalue weighted by Crippen LogP contribution is -2.12. The lowest BCUT2D eigenvalue weighted by atomic mass is 10.2. The Hall–Kier alpha value is -0.960. The third kappa shape index (κ3) is 2.01. The van der Waals surface area contributed by atoms with Gasteiger partial charge in [-0.15, -0.1) is 0 Å². The number of rotatable bonds is 2. The molecule has 0 spiro atoms. The summed E-state index contributed by atoms with van der Waals surface area (Å²) in [6, 6.07) is 5.84. The molecule has 0 fully saturated rings. The number of nitrogens with two attached hydrogens (primary N) is 1. The van der Waals surface area contributed by atoms with Crippen LogP contribution in [0, 0.1) is 0 Å². The first-order chi connectivity index (χ1) is 5.61. The van der Waals surface area contributed by atoms with E-state index in [1.807, 2.05) is 0 Å². The molecule has 12 heavy (non-hydrogen) atoms. The van der Waals surface area contributed by atoms with Crippen LogP contribution in [0.1, 0.15) is 10.4 Å². The molecule has 4 nitrogen and oxygen atoms in total. The molecule has 1 aromatic carbocycles. The van der Waals surface area contributed by atoms with Crippen molar-refractivity contribution in [3.8, 4) is 0 Å². The molecule has 0 atom stereocenters. The number of hydrogen-bond donors (Lipinski definition) is 3. The first-order valence-electron chi connectivity index (χ1n) is 3.19. The van der Waals surface area contributed by atoms with E-state index in [1.54, 1.807) is 0 Å². The number of carbonyl (C=O) groups excluding carboxylic acids is 1. The second-order valence-corrected chi connectivity index (χ2v) is 3.30. The number of benzene rings is 1. The van der Waals surface area contributed by atoms with E-state index >= 15 is 0 Å². The first kappa shape index (κ1) is 9.13. The normalized spacial score (nSPS) is 10.2. The highest BCUT2D eigenvalue weighted by Crippen LogP contribution is 2.21. The third-order valence-corrected chi connectivity index (χ3v) is 2.14. The van der Waals surface area contributed by atoms with Crippen molar-refractivity contribution in [2.75, 3.05) is 0 Å². The van der Waals surface area contributed by atoms with Crippen molar-refractivity contribution < 1.29 is 14.6 Å². The van der Waals surface area contributed by atoms with Crippen molar-refractivity contribution in [1.82, 2.24) is 0 Å². The minimum Gasteiger partial charge on any atom is -0.366 e. The summed E-state index contributed by atoms with van der Waals surface area (Å²) >= 11 is 0. The highest BCUT2D eigenvalue weighted by molar-refractivity contribution is 7.54. The molecule has 1 rings (SSSR count). The fourth-order valence-electron chi connectivity index (χ4n) is 0.759. The molecular formula is C7H8NO3P. The molecule has 1 amide bonds. The molecule has 1 aromatic rings. The van der Waals surface area contributed by atoms with E-state index in [-0.39, 0.29) is 0 Å². The second-order valence-electron chi connectivity index (χ2n) is 2.20. The number of carbonyl (C=O) groups is 1. The first-order valence-corrected chi connectivity index (χ1v) is 4.43. The SMILES string of the molecule is NC(=O)c1ccc(P(O)O)cc1. The van der Waals surface area contributed by atoms with E-state index in [4.69, 9.17) is 15.5 Å². The largest absolute Gasteiger partial charge is 0.366 e. The minimum absolute atomic E-state index is 0.357. The van der Waals surface area contributed by atoms with Gasteiger partial charge in [-0.05, 0) is 24.3 Å². The van der Waals surface area contributed by atoms with Crippen LogP contribution in [0.2, 0.25) is 0 Å². The van der Waals surface area contributed by atoms with Crippen molar-refractivity contribution >= 4 is 19.6 Å². The molecule has 0 saturated heterocycles. The Kier molecular flexibility index (Phi) is 2.76. The Labute approximate surface area is 70.6 Å². The second kappa shape index (κ2) is 3.63. The fourth-order valence-corrected chi connectivity index (χ4v) is 1.17. The zero-order chi connectivity index (χ0) is 9.14. The average Bonchev–Trinajstić information content (AvgIpc) is 2.04. The fraction of sp³-hybridized carbons (Fsp3) is 0. The van der Waals surface area contributed by atoms with Gasteiger partial charge in [0.05, 0.1) is 0 Å². The molecule has 4 N–H and O–H groups in total. The summed E-state index contributed by atoms with van der Waals surface area (Å²) < 4.78 is 0. The molecule has 0 unspecified atom stereocenters. The molecule has 0 aliphatic carbocycles. The van der Waals surface area contributed by atoms with Gasteiger partial charge in [-0.3, -0.25) is 4.79 Å². The lowest BCUT2D eigenvalue weighted by molar-refractivity contribution is 0.100. The van der Waals surface area contributed by atoms with E-state index in [2.05, 4.69) is 0 Å². The van der Waals surface area contributed by atoms with Gasteiger partial charge in [-0.25, -0.2) is 0 Å². The molecule has 0 bridgehead atoms. The molecule has 0 aliphatic rings. The van der Waals surface area contributed by atoms with Crippen LogP contribution in [-0.2, 0) is 0 Å². The molecule has 0 saturated carbocycles. The highest BCUT2D eigenvalue weighted by Gasteiger charge is 2.04. The van der Waals surface area contributed by atoms with Gasteiger partial charge >= 0.3 is 0 Å². The van der Waals surface area contributed by atoms with Crippen LogP contribution >= 0.6 is 8.38 Å². The predicted octanol–water partition coefficient (Wildman–Crippen LogP) is -0.293. The smallest absolute Gasteiger partial charge is 0.248 e. The zero-order valence-corrected chi connectivity index (χ0v) is 7.03. The van der Waals surface area contributed by atoms with Gasteiger partial charge in [0.25, 0.3) is 0 Å². The minimum atomic E-state index is -2.08. The van der Waals surface area contributed by atoms with Gasteiger partial charge in [0.2, 0.25) is 5.91 Å². The maximum Gasteiger partial charge on any atom is 0.248 e. The molecular weight excluding hydrogens is 177 g/mol. The zero-order valence-electron chi connectivity index (χ0n) is 6.14. The molecule has 0 aromatic heterocycles. The third-order valence-electron chi connectivity index (χ3n) is 1.38. The molecule has 0 heterocycles. The summed E-state index contributed by atoms with van der Waals surface area (Å²) in [6.07, 6.45) is 0. The van der Waals surface area contributed by atoms with Crippen molar-refractivity contribution in [2.24, 2.45) is 5.73 Å². The molecule has 5 heteroatoms. The lowest BCUT2D eigenvalue weighted by Gasteiger charge is -2.01. The van der Waals surface area contributed by atoms with Crippen LogP contribution in [0.25, 0.3) is 0 Å². The van der Waals surface area contributed by atoms with Crippen LogP contribution < -0.4 is 11.0 Å². The number of amides is 1. The number of hydrogen-bond acceptors (Lipinski definition) is 3. The van der Waals surface area contributed by atoms with E-state index in [1.165, 1.54) is 24.3 Å². The number of primary amides is 1. The summed E-state index contributed by atoms with van der Waals surface area (Å²) in [6.45, 7) is 0. The Morgan fingerprint density at radius 1 is 1.25 bits per heavy atom. The van der Waals surface area contributed by atoms with E-state index in [9.17, 15) is 4.79 Å². The average molecular weight is 185 g/mol. The summed E-state index contributed by atoms with van der Waals surface area (Å²) in [5.41, 5.74) is 5.34. The monoisotopic (exact) mass is 185 g/mol. The maximum absolute atomic E-state index is 10.6. The van der Waals surface area contributed by atoms with Crippen molar-refractivity contribution in [1.29, 1.82) is 0 Å². The van der Waals surface area contributed by atoms with Crippen LogP contribution in [0.5, 0.6) is 0 Å². The summed E-state index contributed by atoms with van der Waals surface area (Å²) in [7, 11) is -2.08. The van der Waals surface area contributed by atoms with Gasteiger partial charge in [0.1, 0.15) is 0 Å². The van der Waals surface area contributed by atoms with Crippen molar-refractivity contribution in [3.05, 3.63) is 29.8 Å². The van der Waals surface area contributed by atoms with Crippen molar-refractivity contribution in [3.63, 3.8) is 0 Å². The van der Waals surface area contributed by atoms with E-state index in [0.29, 0.717) is 10.9 Å². The van der Waals surface area contributed by atoms with Gasteiger partial charge in [0.15, 0.2) is 8.38 Å². The Bertz CT molecular complexity index is 283. The molecule has 0 radical (unpaired) electrons. The Balaban J connectivity index is 2.93. The van der Waals surface area contributed by atoms with Gasteiger partial charge in [-0.1, -0.05) is 0 Å². The van der Waals surface area contributed by atoms with Crippen LogP contribution in [0.3, 0.4) is 0 Å². The van der Waals surface area contributed by atoms with Gasteiger partial charge in [-0.2, -0.15) is 0 Å². The van der Waals surface area contributed by atoms with E-state index < -0.39 is 14.3 Å². The highest BCUT2D eigenvalue weighted by atomic mass is 31.2. The van der Waals surface area contributed by atoms with Crippen LogP contribution in [0.4, 0.5) is 0 Å². The molecule has 64 valence electrons. The van der Waals surface area contributed by atoms with Crippen LogP contribution in [0.15, 0.2) is 24.3 Å². The standard InChI is InChI=1S/C7H8NO3P/c8-7(9)5-1-3-6(4-2-5)12(10)11/h1-4,10-11H,(H2,8,9). The Morgan fingerprint density at radius 3 is 2.08 bits per heavy atom. The van der Waals surface area contributed by atoms with Crippen molar-refractivity contribution in [2.45, 2.75) is 0 Å². The Morgan fingerprint density at radius 2 is 1.75 bits per heavy atom. The summed E-state index contributed by atoms with van der Waals surface area (Å²) in [5, 5.41) is 0.398. The molecule has 0 aliphatic heterocycles. The van der Waals surface area contributed by atoms with E-state index in [0.717, 1.165) is 0 Å². The predicted molar refractivity (Wildman–Crippen MR) is 46.0 cm³/mol. The summed E-state index contributed by atoms with van der Waals surface area (Å²) in [4.78, 5) is 28.1. The van der Waals surface area contributed by atoms with Crippen LogP contribution in [-0.4, -0.2) is 15.7 Å².